The number of fused-ring (bicyclic) bond motifs is 1. The van der Waals surface area contributed by atoms with Crippen LogP contribution in [-0.4, -0.2) is 22.1 Å². The van der Waals surface area contributed by atoms with Crippen molar-refractivity contribution in [2.75, 3.05) is 12.0 Å². The molecule has 2 rings (SSSR count). The van der Waals surface area contributed by atoms with Crippen molar-refractivity contribution in [1.29, 1.82) is 0 Å². The van der Waals surface area contributed by atoms with Gasteiger partial charge in [0.1, 0.15) is 0 Å². The number of aliphatic hydroxyl groups excluding tert-OH is 1. The second kappa shape index (κ2) is 4.64. The van der Waals surface area contributed by atoms with Crippen molar-refractivity contribution < 1.29 is 5.11 Å². The van der Waals surface area contributed by atoms with E-state index in [1.807, 2.05) is 36.7 Å². The molecule has 1 N–H and O–H groups in total. The van der Waals surface area contributed by atoms with Crippen LogP contribution in [0.25, 0.3) is 10.8 Å². The highest BCUT2D eigenvalue weighted by molar-refractivity contribution is 7.98. The first-order valence-corrected chi connectivity index (χ1v) is 6.22. The average Bonchev–Trinajstić information content (AvgIpc) is 2.28. The summed E-state index contributed by atoms with van der Waals surface area (Å²) in [6.07, 6.45) is 5.13. The van der Waals surface area contributed by atoms with Crippen molar-refractivity contribution in [2.24, 2.45) is 0 Å². The number of rotatable bonds is 3. The zero-order valence-electron chi connectivity index (χ0n) is 8.55. The normalized spacial score (nSPS) is 12.9. The number of aliphatic hydroxyl groups is 1. The van der Waals surface area contributed by atoms with Crippen molar-refractivity contribution in [3.05, 3.63) is 42.2 Å². The van der Waals surface area contributed by atoms with Gasteiger partial charge in [-0.05, 0) is 11.6 Å². The Kier molecular flexibility index (Phi) is 3.23. The third-order valence-corrected chi connectivity index (χ3v) is 3.03. The van der Waals surface area contributed by atoms with E-state index in [0.29, 0.717) is 5.75 Å². The number of thioether (sulfide) groups is 1. The van der Waals surface area contributed by atoms with Crippen LogP contribution in [0.1, 0.15) is 11.7 Å². The van der Waals surface area contributed by atoms with Gasteiger partial charge in [0, 0.05) is 29.1 Å². The van der Waals surface area contributed by atoms with Gasteiger partial charge < -0.3 is 5.11 Å². The van der Waals surface area contributed by atoms with Crippen LogP contribution >= 0.6 is 11.8 Å². The zero-order valence-corrected chi connectivity index (χ0v) is 9.37. The molecule has 3 heteroatoms. The standard InChI is InChI=1S/C12H13NOS/c1-15-8-12(14)11-7-13-6-9-4-2-3-5-10(9)11/h2-7,12,14H,8H2,1H3. The second-order valence-electron chi connectivity index (χ2n) is 3.42. The predicted octanol–water partition coefficient (Wildman–Crippen LogP) is 2.63. The lowest BCUT2D eigenvalue weighted by atomic mass is 10.0. The summed E-state index contributed by atoms with van der Waals surface area (Å²) in [5.41, 5.74) is 0.919. The fourth-order valence-electron chi connectivity index (χ4n) is 1.65. The molecule has 78 valence electrons. The molecule has 0 spiro atoms. The van der Waals surface area contributed by atoms with Crippen molar-refractivity contribution in [3.8, 4) is 0 Å². The second-order valence-corrected chi connectivity index (χ2v) is 4.33. The molecule has 0 aliphatic heterocycles. The molecule has 1 heterocycles. The molecule has 15 heavy (non-hydrogen) atoms. The lowest BCUT2D eigenvalue weighted by molar-refractivity contribution is 0.205. The molecule has 2 aromatic rings. The molecule has 1 atom stereocenters. The van der Waals surface area contributed by atoms with Gasteiger partial charge in [0.05, 0.1) is 6.10 Å². The Balaban J connectivity index is 2.50. The molecule has 0 aliphatic rings. The summed E-state index contributed by atoms with van der Waals surface area (Å²) in [4.78, 5) is 4.15. The molecule has 2 nitrogen and oxygen atoms in total. The van der Waals surface area contributed by atoms with Crippen molar-refractivity contribution in [3.63, 3.8) is 0 Å². The van der Waals surface area contributed by atoms with Crippen LogP contribution in [0.5, 0.6) is 0 Å². The fourth-order valence-corrected chi connectivity index (χ4v) is 2.15. The van der Waals surface area contributed by atoms with Gasteiger partial charge in [-0.3, -0.25) is 4.98 Å². The summed E-state index contributed by atoms with van der Waals surface area (Å²) in [6.45, 7) is 0. The number of hydrogen-bond donors (Lipinski definition) is 1. The predicted molar refractivity (Wildman–Crippen MR) is 65.1 cm³/mol. The van der Waals surface area contributed by atoms with Gasteiger partial charge in [-0.25, -0.2) is 0 Å². The summed E-state index contributed by atoms with van der Waals surface area (Å²) in [5, 5.41) is 12.1. The van der Waals surface area contributed by atoms with Crippen LogP contribution in [0.2, 0.25) is 0 Å². The maximum atomic E-state index is 9.96. The monoisotopic (exact) mass is 219 g/mol. The van der Waals surface area contributed by atoms with E-state index in [0.717, 1.165) is 16.3 Å². The molecular weight excluding hydrogens is 206 g/mol. The van der Waals surface area contributed by atoms with Gasteiger partial charge in [0.2, 0.25) is 0 Å². The molecule has 1 aromatic heterocycles. The fraction of sp³-hybridized carbons (Fsp3) is 0.250. The minimum absolute atomic E-state index is 0.432. The minimum atomic E-state index is -0.432. The average molecular weight is 219 g/mol. The summed E-state index contributed by atoms with van der Waals surface area (Å²) >= 11 is 1.64. The Morgan fingerprint density at radius 1 is 1.33 bits per heavy atom. The SMILES string of the molecule is CSCC(O)c1cncc2ccccc12. The van der Waals surface area contributed by atoms with E-state index < -0.39 is 6.10 Å². The van der Waals surface area contributed by atoms with Crippen molar-refractivity contribution in [2.45, 2.75) is 6.10 Å². The maximum Gasteiger partial charge on any atom is 0.0901 e. The molecule has 0 bridgehead atoms. The van der Waals surface area contributed by atoms with Crippen LogP contribution in [0, 0.1) is 0 Å². The van der Waals surface area contributed by atoms with Crippen molar-refractivity contribution >= 4 is 22.5 Å². The van der Waals surface area contributed by atoms with Crippen LogP contribution in [-0.2, 0) is 0 Å². The van der Waals surface area contributed by atoms with E-state index in [4.69, 9.17) is 0 Å². The highest BCUT2D eigenvalue weighted by Gasteiger charge is 2.10. The van der Waals surface area contributed by atoms with E-state index >= 15 is 0 Å². The Bertz CT molecular complexity index is 453. The van der Waals surface area contributed by atoms with E-state index in [1.165, 1.54) is 0 Å². The largest absolute Gasteiger partial charge is 0.387 e. The summed E-state index contributed by atoms with van der Waals surface area (Å²) in [7, 11) is 0. The van der Waals surface area contributed by atoms with Crippen LogP contribution in [0.15, 0.2) is 36.7 Å². The highest BCUT2D eigenvalue weighted by Crippen LogP contribution is 2.24. The van der Waals surface area contributed by atoms with E-state index in [-0.39, 0.29) is 0 Å². The third-order valence-electron chi connectivity index (χ3n) is 2.38. The van der Waals surface area contributed by atoms with Crippen LogP contribution in [0.3, 0.4) is 0 Å². The van der Waals surface area contributed by atoms with Crippen LogP contribution < -0.4 is 0 Å². The van der Waals surface area contributed by atoms with Gasteiger partial charge in [0.15, 0.2) is 0 Å². The molecule has 0 saturated carbocycles. The molecule has 1 unspecified atom stereocenters. The quantitative estimate of drug-likeness (QED) is 0.861. The molecule has 0 saturated heterocycles. The number of pyridine rings is 1. The number of aromatic nitrogens is 1. The van der Waals surface area contributed by atoms with Gasteiger partial charge in [-0.2, -0.15) is 11.8 Å². The molecule has 0 fully saturated rings. The Labute approximate surface area is 93.3 Å². The smallest absolute Gasteiger partial charge is 0.0901 e. The first-order valence-electron chi connectivity index (χ1n) is 4.82. The Hall–Kier alpha value is -1.06. The first kappa shape index (κ1) is 10.5. The summed E-state index contributed by atoms with van der Waals surface area (Å²) < 4.78 is 0. The number of nitrogens with zero attached hydrogens (tertiary/aromatic N) is 1. The van der Waals surface area contributed by atoms with Gasteiger partial charge in [-0.15, -0.1) is 0 Å². The van der Waals surface area contributed by atoms with E-state index in [1.54, 1.807) is 18.0 Å². The van der Waals surface area contributed by atoms with Gasteiger partial charge in [0.25, 0.3) is 0 Å². The minimum Gasteiger partial charge on any atom is -0.387 e. The molecule has 0 aliphatic carbocycles. The lowest BCUT2D eigenvalue weighted by Gasteiger charge is -2.11. The lowest BCUT2D eigenvalue weighted by Crippen LogP contribution is -2.01. The molecular formula is C12H13NOS. The van der Waals surface area contributed by atoms with Crippen LogP contribution in [0.4, 0.5) is 0 Å². The van der Waals surface area contributed by atoms with Gasteiger partial charge in [-0.1, -0.05) is 24.3 Å². The molecule has 0 amide bonds. The number of benzene rings is 1. The summed E-state index contributed by atoms with van der Waals surface area (Å²) in [6, 6.07) is 8.00. The highest BCUT2D eigenvalue weighted by atomic mass is 32.2. The Morgan fingerprint density at radius 2 is 2.13 bits per heavy atom. The van der Waals surface area contributed by atoms with E-state index in [9.17, 15) is 5.11 Å². The molecule has 0 radical (unpaired) electrons. The zero-order chi connectivity index (χ0) is 10.7. The van der Waals surface area contributed by atoms with Gasteiger partial charge >= 0.3 is 0 Å². The summed E-state index contributed by atoms with van der Waals surface area (Å²) in [5.74, 6) is 0.704. The molecule has 1 aromatic carbocycles. The van der Waals surface area contributed by atoms with E-state index in [2.05, 4.69) is 4.98 Å². The third kappa shape index (κ3) is 2.13. The number of hydrogen-bond acceptors (Lipinski definition) is 3. The first-order chi connectivity index (χ1) is 7.33. The topological polar surface area (TPSA) is 33.1 Å². The van der Waals surface area contributed by atoms with Crippen molar-refractivity contribution in [1.82, 2.24) is 4.98 Å². The maximum absolute atomic E-state index is 9.96. The Morgan fingerprint density at radius 3 is 2.93 bits per heavy atom.